The second-order valence-corrected chi connectivity index (χ2v) is 27.0. The first-order chi connectivity index (χ1) is 48.8. The maximum Gasteiger partial charge on any atom is 0.326 e. The topological polar surface area (TPSA) is 474 Å². The first kappa shape index (κ1) is 88.1. The number of nitrogens with two attached hydrogens (primary N) is 4. The number of nitrogens with zero attached hydrogens (tertiary/aromatic N) is 4. The average molecular weight is 1430 g/mol. The van der Waals surface area contributed by atoms with Gasteiger partial charge in [0.2, 0.25) is 41.4 Å². The molecule has 0 saturated carbocycles. The Labute approximate surface area is 603 Å². The van der Waals surface area contributed by atoms with Crippen LogP contribution >= 0.6 is 0 Å². The monoisotopic (exact) mass is 1430 g/mol. The number of aliphatic carboxylic acids is 2. The van der Waals surface area contributed by atoms with E-state index in [9.17, 15) is 53.4 Å². The molecular weight excluding hydrogens is 1310 g/mol. The van der Waals surface area contributed by atoms with Gasteiger partial charge in [0.1, 0.15) is 36.3 Å². The lowest BCUT2D eigenvalue weighted by Gasteiger charge is -2.29. The normalized spacial score (nSPS) is 15.0. The summed E-state index contributed by atoms with van der Waals surface area (Å²) in [6, 6.07) is 10.1. The van der Waals surface area contributed by atoms with Crippen LogP contribution in [0.1, 0.15) is 175 Å². The van der Waals surface area contributed by atoms with Gasteiger partial charge in [0, 0.05) is 57.3 Å². The van der Waals surface area contributed by atoms with Crippen LogP contribution in [0, 0.1) is 11.8 Å². The number of carbonyl (C=O) groups is 9. The highest BCUT2D eigenvalue weighted by atomic mass is 16.4. The van der Waals surface area contributed by atoms with Crippen LogP contribution in [-0.2, 0) is 69.0 Å². The summed E-state index contributed by atoms with van der Waals surface area (Å²) in [6.45, 7) is 18.9. The third kappa shape index (κ3) is 33.8. The quantitative estimate of drug-likeness (QED) is 0.0216. The summed E-state index contributed by atoms with van der Waals surface area (Å²) >= 11 is 0. The van der Waals surface area contributed by atoms with Crippen molar-refractivity contribution in [3.8, 4) is 0 Å². The molecule has 30 nitrogen and oxygen atoms in total. The Kier molecular flexibility index (Phi) is 42.7. The number of aromatic nitrogens is 3. The van der Waals surface area contributed by atoms with Crippen LogP contribution in [0.3, 0.4) is 0 Å². The van der Waals surface area contributed by atoms with Gasteiger partial charge in [-0.15, -0.1) is 5.10 Å². The molecule has 102 heavy (non-hydrogen) atoms. The van der Waals surface area contributed by atoms with Crippen molar-refractivity contribution in [1.29, 1.82) is 0 Å². The number of guanidine groups is 1. The molecule has 3 aromatic rings. The molecule has 12 atom stereocenters. The van der Waals surface area contributed by atoms with Crippen molar-refractivity contribution in [2.24, 2.45) is 39.8 Å². The molecule has 0 bridgehead atoms. The number of benzene rings is 2. The van der Waals surface area contributed by atoms with Gasteiger partial charge in [-0.1, -0.05) is 141 Å². The second-order valence-electron chi connectivity index (χ2n) is 27.0. The molecule has 21 N–H and O–H groups in total. The number of unbranched alkanes of at least 4 members (excludes halogenated alkanes) is 2. The number of nitrogens with one attached hydrogen (secondary N) is 11. The predicted molar refractivity (Wildman–Crippen MR) is 395 cm³/mol. The van der Waals surface area contributed by atoms with Crippen LogP contribution in [0.4, 0.5) is 0 Å². The van der Waals surface area contributed by atoms with Crippen LogP contribution in [-0.4, -0.2) is 196 Å². The molecule has 2 aromatic carbocycles. The molecule has 0 unspecified atom stereocenters. The molecule has 3 rings (SSSR count). The fourth-order valence-corrected chi connectivity index (χ4v) is 11.7. The first-order valence-corrected chi connectivity index (χ1v) is 36.8. The van der Waals surface area contributed by atoms with Gasteiger partial charge in [0.25, 0.3) is 0 Å². The highest BCUT2D eigenvalue weighted by Gasteiger charge is 2.35. The molecule has 1 heterocycles. The molecule has 0 aliphatic carbocycles. The van der Waals surface area contributed by atoms with Crippen molar-refractivity contribution in [3.63, 3.8) is 0 Å². The Morgan fingerprint density at radius 2 is 0.941 bits per heavy atom. The summed E-state index contributed by atoms with van der Waals surface area (Å²) in [5.41, 5.74) is 26.2. The minimum absolute atomic E-state index is 0.119. The lowest BCUT2D eigenvalue weighted by Crippen LogP contribution is -2.60. The number of hydrogen-bond acceptors (Lipinski definition) is 18. The SMILES string of the molecule is CCCN[C@H](CCC)C(=O)N[C@H](CCC)C(=O)N[C@@H](CN[C@@H](CN[C@H](CC)C(=O)N[C@H](CCCCn1nncc1C[C@@H](N)CN[C@H](CCCN=C(N)N)C(=O)N[C@H](CC)C(=O)N[C@@H](C(=O)N[C@@H](C(=O)N[C@H](CCCCN)C(=O)O)C(C)C)C(C)C)C(=O)O)Cc1ccccc1)Cc1ccccc1. The molecule has 0 saturated heterocycles. The fourth-order valence-electron chi connectivity index (χ4n) is 11.7. The van der Waals surface area contributed by atoms with Crippen molar-refractivity contribution < 1.29 is 53.4 Å². The van der Waals surface area contributed by atoms with E-state index in [1.54, 1.807) is 45.5 Å². The van der Waals surface area contributed by atoms with Gasteiger partial charge in [-0.3, -0.25) is 38.6 Å². The van der Waals surface area contributed by atoms with Crippen molar-refractivity contribution in [2.45, 2.75) is 257 Å². The maximum atomic E-state index is 14.2. The number of aliphatic imine (C=N–C) groups is 1. The van der Waals surface area contributed by atoms with Crippen LogP contribution in [0.5, 0.6) is 0 Å². The van der Waals surface area contributed by atoms with Crippen LogP contribution in [0.25, 0.3) is 0 Å². The third-order valence-corrected chi connectivity index (χ3v) is 17.6. The van der Waals surface area contributed by atoms with Gasteiger partial charge in [-0.2, -0.15) is 0 Å². The average Bonchev–Trinajstić information content (AvgIpc) is 0.961. The largest absolute Gasteiger partial charge is 0.480 e. The van der Waals surface area contributed by atoms with E-state index in [-0.39, 0.29) is 75.1 Å². The summed E-state index contributed by atoms with van der Waals surface area (Å²) in [6.07, 6.45) is 9.75. The summed E-state index contributed by atoms with van der Waals surface area (Å²) in [4.78, 5) is 126. The highest BCUT2D eigenvalue weighted by molar-refractivity contribution is 5.96. The Morgan fingerprint density at radius 3 is 1.48 bits per heavy atom. The van der Waals surface area contributed by atoms with Crippen LogP contribution in [0.15, 0.2) is 71.9 Å². The molecule has 0 radical (unpaired) electrons. The first-order valence-electron chi connectivity index (χ1n) is 36.8. The number of carboxylic acids is 2. The summed E-state index contributed by atoms with van der Waals surface area (Å²) in [5.74, 6) is -6.89. The van der Waals surface area contributed by atoms with Gasteiger partial charge in [-0.05, 0) is 132 Å². The lowest BCUT2D eigenvalue weighted by molar-refractivity contribution is -0.143. The van der Waals surface area contributed by atoms with E-state index in [2.05, 4.69) is 73.8 Å². The molecule has 1 aromatic heterocycles. The maximum absolute atomic E-state index is 14.2. The molecule has 572 valence electrons. The van der Waals surface area contributed by atoms with E-state index in [1.807, 2.05) is 88.4 Å². The molecule has 30 heteroatoms. The van der Waals surface area contributed by atoms with Gasteiger partial charge < -0.3 is 91.6 Å². The van der Waals surface area contributed by atoms with E-state index in [1.165, 1.54) is 0 Å². The Hall–Kier alpha value is -8.16. The number of carboxylic acid groups (broad SMARTS) is 2. The smallest absolute Gasteiger partial charge is 0.326 e. The highest BCUT2D eigenvalue weighted by Crippen LogP contribution is 2.14. The van der Waals surface area contributed by atoms with Crippen molar-refractivity contribution in [2.75, 3.05) is 39.3 Å². The van der Waals surface area contributed by atoms with Crippen molar-refractivity contribution in [3.05, 3.63) is 83.7 Å². The molecule has 7 amide bonds. The molecule has 0 aliphatic heterocycles. The Balaban J connectivity index is 1.66. The minimum atomic E-state index is -1.22. The Bertz CT molecular complexity index is 2990. The van der Waals surface area contributed by atoms with Gasteiger partial charge in [0.05, 0.1) is 30.0 Å². The van der Waals surface area contributed by atoms with Gasteiger partial charge in [-0.25, -0.2) is 14.3 Å². The van der Waals surface area contributed by atoms with E-state index < -0.39 is 114 Å². The number of amides is 7. The van der Waals surface area contributed by atoms with Crippen LogP contribution < -0.4 is 81.4 Å². The predicted octanol–water partition coefficient (Wildman–Crippen LogP) is 1.52. The zero-order chi connectivity index (χ0) is 75.5. The van der Waals surface area contributed by atoms with Crippen LogP contribution in [0.2, 0.25) is 0 Å². The second kappa shape index (κ2) is 49.4. The standard InChI is InChI=1S/C72H123N19O11/c1-10-26-56(77-36-12-3)65(94)85-58(27-11-2)67(96)83-52(40-49-30-19-16-20-31-49)44-79-51(39-48-28-17-15-18-29-48)43-81-54(13-4)63(92)86-59(70(99)100)33-22-24-38-91-53(45-82-90-91)41-50(74)42-80-57(34-25-37-78-72(75)76)66(95)84-55(14-5)64(93)88-62(47(8)9)69(98)89-61(46(6)7)68(97)87-60(71(101)102)32-21-23-35-73/h15-20,28-31,45-47,50-52,54-62,77,79-81H,10-14,21-27,32-44,73-74H2,1-9H3,(H,83,96)(H,84,95)(H,85,94)(H,86,92)(H,87,97)(H,88,93)(H,89,98)(H,99,100)(H,101,102)(H4,75,76,78)/t50-,51-,52-,54-,55-,56-,57-,58-,59-,60-,61-,62-/m1/s1. The third-order valence-electron chi connectivity index (χ3n) is 17.6. The van der Waals surface area contributed by atoms with E-state index >= 15 is 0 Å². The van der Waals surface area contributed by atoms with Crippen molar-refractivity contribution >= 4 is 59.2 Å². The number of aryl methyl sites for hydroxylation is 1. The number of hydrogen-bond donors (Lipinski definition) is 17. The molecule has 0 aliphatic rings. The zero-order valence-electron chi connectivity index (χ0n) is 61.8. The summed E-state index contributed by atoms with van der Waals surface area (Å²) < 4.78 is 1.68. The number of carbonyl (C=O) groups excluding carboxylic acids is 7. The number of rotatable bonds is 55. The van der Waals surface area contributed by atoms with Crippen molar-refractivity contribution in [1.82, 2.24) is 73.5 Å². The summed E-state index contributed by atoms with van der Waals surface area (Å²) in [7, 11) is 0. The van der Waals surface area contributed by atoms with E-state index in [4.69, 9.17) is 22.9 Å². The molecular formula is C72H123N19O11. The van der Waals surface area contributed by atoms with E-state index in [0.29, 0.717) is 109 Å². The molecule has 0 fully saturated rings. The molecule has 0 spiro atoms. The fraction of sp³-hybridized carbons (Fsp3) is 0.667. The van der Waals surface area contributed by atoms with Gasteiger partial charge in [0.15, 0.2) is 5.96 Å². The van der Waals surface area contributed by atoms with Gasteiger partial charge >= 0.3 is 11.9 Å². The lowest BCUT2D eigenvalue weighted by atomic mass is 9.98. The Morgan fingerprint density at radius 1 is 0.480 bits per heavy atom. The van der Waals surface area contributed by atoms with E-state index in [0.717, 1.165) is 24.0 Å². The minimum Gasteiger partial charge on any atom is -0.480 e. The zero-order valence-corrected chi connectivity index (χ0v) is 61.8. The summed E-state index contributed by atoms with van der Waals surface area (Å²) in [5, 5.41) is 62.0.